The highest BCUT2D eigenvalue weighted by molar-refractivity contribution is 7.79. The molecule has 6 atom stereocenters. The SMILES string of the molecule is CC(=O)N[C@H]1[C@H](Oc2ccc(N=Nc3ccc([N+](=O)[O-])cc3S(=O)[O-])c3ccccc23)O[C@H](CO)[C@@H](O)[C@@H]1O. The molecule has 0 saturated carbocycles. The van der Waals surface area contributed by atoms with E-state index >= 15 is 0 Å². The van der Waals surface area contributed by atoms with Crippen molar-refractivity contribution < 1.29 is 43.3 Å². The van der Waals surface area contributed by atoms with Crippen molar-refractivity contribution in [2.24, 2.45) is 10.2 Å². The number of azo groups is 1. The highest BCUT2D eigenvalue weighted by atomic mass is 32.2. The van der Waals surface area contributed by atoms with Crippen molar-refractivity contribution in [3.8, 4) is 5.75 Å². The molecule has 1 amide bonds. The van der Waals surface area contributed by atoms with Gasteiger partial charge in [-0.2, -0.15) is 0 Å². The first-order valence-electron chi connectivity index (χ1n) is 11.5. The average molecular weight is 560 g/mol. The molecule has 1 aliphatic heterocycles. The molecule has 14 nitrogen and oxygen atoms in total. The van der Waals surface area contributed by atoms with E-state index in [2.05, 4.69) is 15.5 Å². The van der Waals surface area contributed by atoms with Gasteiger partial charge in [0.1, 0.15) is 35.8 Å². The van der Waals surface area contributed by atoms with Gasteiger partial charge in [0.25, 0.3) is 5.69 Å². The first kappa shape index (κ1) is 28.2. The van der Waals surface area contributed by atoms with Gasteiger partial charge in [0.2, 0.25) is 12.2 Å². The van der Waals surface area contributed by atoms with Crippen LogP contribution >= 0.6 is 0 Å². The quantitative estimate of drug-likeness (QED) is 0.136. The number of fused-ring (bicyclic) bond motifs is 1. The van der Waals surface area contributed by atoms with Crippen LogP contribution in [0, 0.1) is 10.1 Å². The zero-order valence-corrected chi connectivity index (χ0v) is 21.1. The summed E-state index contributed by atoms with van der Waals surface area (Å²) in [7, 11) is 0. The van der Waals surface area contributed by atoms with Crippen molar-refractivity contribution >= 4 is 44.8 Å². The largest absolute Gasteiger partial charge is 0.768 e. The van der Waals surface area contributed by atoms with Crippen LogP contribution in [0.25, 0.3) is 10.8 Å². The molecule has 3 aromatic rings. The summed E-state index contributed by atoms with van der Waals surface area (Å²) in [5.41, 5.74) is -0.205. The van der Waals surface area contributed by atoms with Gasteiger partial charge < -0.3 is 34.7 Å². The molecule has 0 bridgehead atoms. The number of nitrogens with one attached hydrogen (secondary N) is 1. The summed E-state index contributed by atoms with van der Waals surface area (Å²) in [6.45, 7) is 0.617. The van der Waals surface area contributed by atoms with Gasteiger partial charge in [0.05, 0.1) is 22.1 Å². The zero-order chi connectivity index (χ0) is 28.3. The van der Waals surface area contributed by atoms with Crippen molar-refractivity contribution in [1.82, 2.24) is 5.32 Å². The predicted molar refractivity (Wildman–Crippen MR) is 134 cm³/mol. The van der Waals surface area contributed by atoms with E-state index in [0.29, 0.717) is 16.5 Å². The van der Waals surface area contributed by atoms with Gasteiger partial charge in [-0.05, 0) is 29.3 Å². The van der Waals surface area contributed by atoms with Gasteiger partial charge in [-0.3, -0.25) is 19.1 Å². The van der Waals surface area contributed by atoms with E-state index in [1.165, 1.54) is 25.1 Å². The van der Waals surface area contributed by atoms with Gasteiger partial charge in [-0.15, -0.1) is 10.2 Å². The number of rotatable bonds is 8. The van der Waals surface area contributed by atoms with E-state index in [9.17, 15) is 39.0 Å². The molecule has 15 heteroatoms. The monoisotopic (exact) mass is 559 g/mol. The number of nitro benzene ring substituents is 1. The maximum Gasteiger partial charge on any atom is 0.270 e. The van der Waals surface area contributed by atoms with Crippen LogP contribution in [-0.2, 0) is 20.6 Å². The van der Waals surface area contributed by atoms with Crippen LogP contribution in [-0.4, -0.2) is 72.2 Å². The van der Waals surface area contributed by atoms with Gasteiger partial charge in [0.15, 0.2) is 0 Å². The number of amides is 1. The number of benzene rings is 3. The third kappa shape index (κ3) is 6.08. The molecule has 39 heavy (non-hydrogen) atoms. The molecule has 1 heterocycles. The summed E-state index contributed by atoms with van der Waals surface area (Å²) in [6.07, 6.45) is -5.42. The summed E-state index contributed by atoms with van der Waals surface area (Å²) in [6, 6.07) is 11.9. The fourth-order valence-corrected chi connectivity index (χ4v) is 4.58. The summed E-state index contributed by atoms with van der Waals surface area (Å²) in [4.78, 5) is 21.6. The van der Waals surface area contributed by atoms with Crippen molar-refractivity contribution in [1.29, 1.82) is 0 Å². The fraction of sp³-hybridized carbons (Fsp3) is 0.292. The Hall–Kier alpha value is -3.86. The topological polar surface area (TPSA) is 216 Å². The lowest BCUT2D eigenvalue weighted by molar-refractivity contribution is -0.385. The lowest BCUT2D eigenvalue weighted by atomic mass is 9.97. The van der Waals surface area contributed by atoms with E-state index in [-0.39, 0.29) is 11.4 Å². The van der Waals surface area contributed by atoms with Crippen LogP contribution in [0.5, 0.6) is 5.75 Å². The molecule has 0 aromatic heterocycles. The molecule has 4 rings (SSSR count). The van der Waals surface area contributed by atoms with E-state index in [1.54, 1.807) is 24.3 Å². The molecule has 0 aliphatic carbocycles. The van der Waals surface area contributed by atoms with Crippen LogP contribution in [0.1, 0.15) is 6.92 Å². The van der Waals surface area contributed by atoms with Crippen LogP contribution < -0.4 is 10.1 Å². The summed E-state index contributed by atoms with van der Waals surface area (Å²) in [5.74, 6) is -0.252. The van der Waals surface area contributed by atoms with E-state index in [1.807, 2.05) is 0 Å². The molecule has 0 radical (unpaired) electrons. The summed E-state index contributed by atoms with van der Waals surface area (Å²) < 4.78 is 34.9. The Labute approximate surface area is 223 Å². The van der Waals surface area contributed by atoms with Crippen LogP contribution in [0.2, 0.25) is 0 Å². The van der Waals surface area contributed by atoms with E-state index < -0.39 is 69.7 Å². The number of hydrogen-bond donors (Lipinski definition) is 4. The second-order valence-corrected chi connectivity index (χ2v) is 9.43. The Morgan fingerprint density at radius 1 is 1.10 bits per heavy atom. The van der Waals surface area contributed by atoms with Crippen molar-refractivity contribution in [2.45, 2.75) is 42.5 Å². The standard InChI is InChI=1S/C24H24N4O10S/c1-12(30)25-21-23(32)22(31)19(11-29)38-24(21)37-18-9-8-16(14-4-2-3-5-15(14)18)26-27-17-7-6-13(28(33)34)10-20(17)39(35)36/h2-10,19,21-24,29,31-32H,11H2,1H3,(H,25,30)(H,35,36)/p-1/t19-,21-,22-,23-,24-/m1/s1. The van der Waals surface area contributed by atoms with Crippen molar-refractivity contribution in [3.05, 3.63) is 64.7 Å². The molecule has 1 fully saturated rings. The molecule has 3 aromatic carbocycles. The maximum atomic E-state index is 11.7. The number of nitro groups is 1. The van der Waals surface area contributed by atoms with Gasteiger partial charge in [0, 0.05) is 29.8 Å². The average Bonchev–Trinajstić information content (AvgIpc) is 2.91. The number of aliphatic hydroxyl groups is 3. The Balaban J connectivity index is 1.69. The number of nitrogens with zero attached hydrogens (tertiary/aromatic N) is 3. The molecule has 1 unspecified atom stereocenters. The second kappa shape index (κ2) is 11.9. The number of ether oxygens (including phenoxy) is 2. The molecule has 1 aliphatic rings. The Bertz CT molecular complexity index is 1450. The molecule has 0 spiro atoms. The number of carbonyl (C=O) groups is 1. The van der Waals surface area contributed by atoms with Crippen LogP contribution in [0.4, 0.5) is 17.1 Å². The van der Waals surface area contributed by atoms with Gasteiger partial charge in [-0.25, -0.2) is 0 Å². The lowest BCUT2D eigenvalue weighted by Crippen LogP contribution is -2.65. The molecule has 206 valence electrons. The van der Waals surface area contributed by atoms with Crippen LogP contribution in [0.3, 0.4) is 0 Å². The smallest absolute Gasteiger partial charge is 0.270 e. The highest BCUT2D eigenvalue weighted by Crippen LogP contribution is 2.37. The second-order valence-electron chi connectivity index (χ2n) is 8.52. The van der Waals surface area contributed by atoms with Crippen molar-refractivity contribution in [2.75, 3.05) is 6.61 Å². The van der Waals surface area contributed by atoms with Gasteiger partial charge >= 0.3 is 0 Å². The maximum absolute atomic E-state index is 11.7. The minimum Gasteiger partial charge on any atom is -0.768 e. The lowest BCUT2D eigenvalue weighted by Gasteiger charge is -2.42. The number of aliphatic hydroxyl groups excluding tert-OH is 3. The molecular formula is C24H23N4O10S-. The Morgan fingerprint density at radius 2 is 1.77 bits per heavy atom. The Morgan fingerprint density at radius 3 is 2.41 bits per heavy atom. The van der Waals surface area contributed by atoms with Gasteiger partial charge in [-0.1, -0.05) is 24.3 Å². The molecular weight excluding hydrogens is 536 g/mol. The van der Waals surface area contributed by atoms with Crippen LogP contribution in [0.15, 0.2) is 69.7 Å². The third-order valence-corrected chi connectivity index (χ3v) is 6.64. The van der Waals surface area contributed by atoms with E-state index in [4.69, 9.17) is 9.47 Å². The fourth-order valence-electron chi connectivity index (χ4n) is 4.08. The molecule has 4 N–H and O–H groups in total. The summed E-state index contributed by atoms with van der Waals surface area (Å²) in [5, 5.41) is 53.0. The minimum atomic E-state index is -2.81. The number of non-ortho nitro benzene ring substituents is 1. The first-order valence-corrected chi connectivity index (χ1v) is 12.6. The zero-order valence-electron chi connectivity index (χ0n) is 20.2. The molecule has 1 saturated heterocycles. The minimum absolute atomic E-state index is 0.102. The first-order chi connectivity index (χ1) is 18.6. The Kier molecular flexibility index (Phi) is 8.59. The number of hydrogen-bond acceptors (Lipinski definition) is 12. The highest BCUT2D eigenvalue weighted by Gasteiger charge is 2.46. The predicted octanol–water partition coefficient (Wildman–Crippen LogP) is 1.72. The third-order valence-electron chi connectivity index (χ3n) is 5.95. The summed E-state index contributed by atoms with van der Waals surface area (Å²) >= 11 is -2.81. The van der Waals surface area contributed by atoms with E-state index in [0.717, 1.165) is 12.1 Å². The van der Waals surface area contributed by atoms with Crippen molar-refractivity contribution in [3.63, 3.8) is 0 Å². The number of carbonyl (C=O) groups excluding carboxylic acids is 1. The normalized spacial score (nSPS) is 24.0.